The molecule has 3 amide bonds. The van der Waals surface area contributed by atoms with Crippen molar-refractivity contribution in [3.8, 4) is 6.07 Å². The van der Waals surface area contributed by atoms with E-state index in [1.165, 1.54) is 24.3 Å². The van der Waals surface area contributed by atoms with Gasteiger partial charge in [0.2, 0.25) is 5.91 Å². The molecular weight excluding hydrogens is 349 g/mol. The number of hydrogen-bond acceptors (Lipinski definition) is 4. The Morgan fingerprint density at radius 3 is 2.22 bits per heavy atom. The Labute approximate surface area is 155 Å². The zero-order valence-corrected chi connectivity index (χ0v) is 14.3. The number of imide groups is 1. The van der Waals surface area contributed by atoms with Gasteiger partial charge in [0.25, 0.3) is 11.8 Å². The van der Waals surface area contributed by atoms with Crippen LogP contribution in [0.4, 0.5) is 4.39 Å². The van der Waals surface area contributed by atoms with Crippen LogP contribution in [0.2, 0.25) is 0 Å². The van der Waals surface area contributed by atoms with E-state index in [1.54, 1.807) is 24.3 Å². The van der Waals surface area contributed by atoms with Crippen LogP contribution in [-0.2, 0) is 4.79 Å². The lowest BCUT2D eigenvalue weighted by Gasteiger charge is -2.15. The fraction of sp³-hybridized carbons (Fsp3) is 0.200. The smallest absolute Gasteiger partial charge is 0.261 e. The fourth-order valence-electron chi connectivity index (χ4n) is 2.92. The van der Waals surface area contributed by atoms with E-state index in [9.17, 15) is 24.0 Å². The maximum absolute atomic E-state index is 13.0. The van der Waals surface area contributed by atoms with E-state index < -0.39 is 11.9 Å². The molecule has 3 rings (SSSR count). The molecule has 0 radical (unpaired) electrons. The summed E-state index contributed by atoms with van der Waals surface area (Å²) < 4.78 is 13.0. The van der Waals surface area contributed by atoms with E-state index in [1.807, 2.05) is 6.07 Å². The third-order valence-electron chi connectivity index (χ3n) is 4.30. The average Bonchev–Trinajstić information content (AvgIpc) is 2.92. The number of amides is 3. The molecule has 0 saturated carbocycles. The molecule has 6 nitrogen and oxygen atoms in total. The van der Waals surface area contributed by atoms with Crippen molar-refractivity contribution < 1.29 is 18.8 Å². The summed E-state index contributed by atoms with van der Waals surface area (Å²) in [5.74, 6) is -1.54. The van der Waals surface area contributed by atoms with Crippen LogP contribution in [0.25, 0.3) is 0 Å². The molecule has 27 heavy (non-hydrogen) atoms. The Hall–Kier alpha value is -3.53. The zero-order chi connectivity index (χ0) is 19.4. The minimum atomic E-state index is -0.891. The summed E-state index contributed by atoms with van der Waals surface area (Å²) in [6.45, 7) is 0.119. The molecule has 7 heteroatoms. The van der Waals surface area contributed by atoms with Gasteiger partial charge in [-0.05, 0) is 36.2 Å². The van der Waals surface area contributed by atoms with Gasteiger partial charge in [-0.15, -0.1) is 0 Å². The molecule has 0 spiro atoms. The summed E-state index contributed by atoms with van der Waals surface area (Å²) in [6.07, 6.45) is 0.325. The fourth-order valence-corrected chi connectivity index (χ4v) is 2.92. The van der Waals surface area contributed by atoms with Gasteiger partial charge >= 0.3 is 0 Å². The molecule has 0 aliphatic carbocycles. The van der Waals surface area contributed by atoms with Gasteiger partial charge in [-0.3, -0.25) is 19.3 Å². The first-order valence-corrected chi connectivity index (χ1v) is 8.41. The largest absolute Gasteiger partial charge is 0.337 e. The molecule has 2 aromatic rings. The van der Waals surface area contributed by atoms with Gasteiger partial charge in [0.05, 0.1) is 17.2 Å². The molecule has 0 aromatic heterocycles. The zero-order valence-electron chi connectivity index (χ0n) is 14.3. The molecule has 136 valence electrons. The predicted molar refractivity (Wildman–Crippen MR) is 93.9 cm³/mol. The second-order valence-electron chi connectivity index (χ2n) is 6.09. The number of benzene rings is 2. The van der Waals surface area contributed by atoms with Crippen molar-refractivity contribution in [1.82, 2.24) is 10.2 Å². The number of halogens is 1. The highest BCUT2D eigenvalue weighted by Crippen LogP contribution is 2.22. The SMILES string of the molecule is N#CC(NC(=O)CCCN1C(=O)c2ccccc2C1=O)c1ccc(F)cc1. The summed E-state index contributed by atoms with van der Waals surface area (Å²) in [5, 5.41) is 11.8. The van der Waals surface area contributed by atoms with Crippen LogP contribution >= 0.6 is 0 Å². The first-order chi connectivity index (χ1) is 13.0. The normalized spacial score (nSPS) is 13.9. The quantitative estimate of drug-likeness (QED) is 0.797. The van der Waals surface area contributed by atoms with E-state index in [0.717, 1.165) is 4.90 Å². The molecule has 0 bridgehead atoms. The van der Waals surface area contributed by atoms with Crippen LogP contribution in [0.1, 0.15) is 45.2 Å². The number of rotatable bonds is 6. The monoisotopic (exact) mass is 365 g/mol. The van der Waals surface area contributed by atoms with E-state index in [4.69, 9.17) is 0 Å². The molecule has 1 unspecified atom stereocenters. The molecule has 2 aromatic carbocycles. The van der Waals surface area contributed by atoms with Crippen molar-refractivity contribution in [2.75, 3.05) is 6.54 Å². The number of nitrogens with zero attached hydrogens (tertiary/aromatic N) is 2. The van der Waals surface area contributed by atoms with Gasteiger partial charge in [-0.2, -0.15) is 5.26 Å². The summed E-state index contributed by atoms with van der Waals surface area (Å²) >= 11 is 0. The summed E-state index contributed by atoms with van der Waals surface area (Å²) in [4.78, 5) is 37.7. The second kappa shape index (κ2) is 7.79. The van der Waals surface area contributed by atoms with Crippen LogP contribution in [0.3, 0.4) is 0 Å². The minimum absolute atomic E-state index is 0.0484. The molecule has 1 heterocycles. The van der Waals surface area contributed by atoms with E-state index in [-0.39, 0.29) is 37.1 Å². The number of fused-ring (bicyclic) bond motifs is 1. The second-order valence-corrected chi connectivity index (χ2v) is 6.09. The molecule has 1 aliphatic heterocycles. The summed E-state index contributed by atoms with van der Waals surface area (Å²) in [7, 11) is 0. The van der Waals surface area contributed by atoms with Crippen molar-refractivity contribution in [2.45, 2.75) is 18.9 Å². The Morgan fingerprint density at radius 1 is 1.07 bits per heavy atom. The van der Waals surface area contributed by atoms with Crippen LogP contribution in [0.5, 0.6) is 0 Å². The van der Waals surface area contributed by atoms with Gasteiger partial charge in [0, 0.05) is 13.0 Å². The predicted octanol–water partition coefficient (Wildman–Crippen LogP) is 2.58. The van der Waals surface area contributed by atoms with Gasteiger partial charge in [-0.1, -0.05) is 24.3 Å². The van der Waals surface area contributed by atoms with Gasteiger partial charge in [0.15, 0.2) is 0 Å². The minimum Gasteiger partial charge on any atom is -0.337 e. The lowest BCUT2D eigenvalue weighted by molar-refractivity contribution is -0.121. The van der Waals surface area contributed by atoms with Gasteiger partial charge in [-0.25, -0.2) is 4.39 Å². The van der Waals surface area contributed by atoms with Crippen LogP contribution < -0.4 is 5.32 Å². The van der Waals surface area contributed by atoms with E-state index in [0.29, 0.717) is 16.7 Å². The molecule has 0 saturated heterocycles. The molecule has 0 fully saturated rings. The highest BCUT2D eigenvalue weighted by atomic mass is 19.1. The van der Waals surface area contributed by atoms with Crippen LogP contribution in [0.15, 0.2) is 48.5 Å². The highest BCUT2D eigenvalue weighted by Gasteiger charge is 2.34. The number of nitriles is 1. The van der Waals surface area contributed by atoms with E-state index in [2.05, 4.69) is 5.32 Å². The third kappa shape index (κ3) is 3.85. The van der Waals surface area contributed by atoms with Crippen LogP contribution in [-0.4, -0.2) is 29.2 Å². The Balaban J connectivity index is 1.53. The van der Waals surface area contributed by atoms with Gasteiger partial charge < -0.3 is 5.32 Å². The van der Waals surface area contributed by atoms with Crippen molar-refractivity contribution in [3.05, 3.63) is 71.0 Å². The summed E-state index contributed by atoms with van der Waals surface area (Å²) in [5.41, 5.74) is 1.22. The van der Waals surface area contributed by atoms with Crippen molar-refractivity contribution >= 4 is 17.7 Å². The molecule has 1 atom stereocenters. The Bertz CT molecular complexity index is 899. The molecule has 1 aliphatic rings. The molecule has 1 N–H and O–H groups in total. The first-order valence-electron chi connectivity index (χ1n) is 8.41. The average molecular weight is 365 g/mol. The number of carbonyl (C=O) groups excluding carboxylic acids is 3. The Morgan fingerprint density at radius 2 is 1.67 bits per heavy atom. The lowest BCUT2D eigenvalue weighted by atomic mass is 10.1. The van der Waals surface area contributed by atoms with Crippen molar-refractivity contribution in [3.63, 3.8) is 0 Å². The van der Waals surface area contributed by atoms with Crippen LogP contribution in [0, 0.1) is 17.1 Å². The number of carbonyl (C=O) groups is 3. The first kappa shape index (κ1) is 18.3. The summed E-state index contributed by atoms with van der Waals surface area (Å²) in [6, 6.07) is 12.9. The standard InChI is InChI=1S/C20H16FN3O3/c21-14-9-7-13(8-10-14)17(12-22)23-18(25)6-3-11-24-19(26)15-4-1-2-5-16(15)20(24)27/h1-2,4-5,7-10,17H,3,6,11H2,(H,23,25). The van der Waals surface area contributed by atoms with E-state index >= 15 is 0 Å². The molecular formula is C20H16FN3O3. The van der Waals surface area contributed by atoms with Crippen molar-refractivity contribution in [2.24, 2.45) is 0 Å². The maximum atomic E-state index is 13.0. The number of hydrogen-bond donors (Lipinski definition) is 1. The van der Waals surface area contributed by atoms with Crippen molar-refractivity contribution in [1.29, 1.82) is 5.26 Å². The topological polar surface area (TPSA) is 90.3 Å². The van der Waals surface area contributed by atoms with Gasteiger partial charge in [0.1, 0.15) is 11.9 Å². The highest BCUT2D eigenvalue weighted by molar-refractivity contribution is 6.21. The maximum Gasteiger partial charge on any atom is 0.261 e. The third-order valence-corrected chi connectivity index (χ3v) is 4.30. The number of nitrogens with one attached hydrogen (secondary N) is 1. The Kier molecular flexibility index (Phi) is 5.27. The lowest BCUT2D eigenvalue weighted by Crippen LogP contribution is -2.32.